The number of benzene rings is 1. The second kappa shape index (κ2) is 7.84. The average Bonchev–Trinajstić information content (AvgIpc) is 2.93. The van der Waals surface area contributed by atoms with Gasteiger partial charge in [0.25, 0.3) is 0 Å². The summed E-state index contributed by atoms with van der Waals surface area (Å²) in [6.45, 7) is 2.31. The topological polar surface area (TPSA) is 46.2 Å². The summed E-state index contributed by atoms with van der Waals surface area (Å²) in [5.74, 6) is -0.458. The normalized spacial score (nSPS) is 10.5. The molecule has 0 bridgehead atoms. The quantitative estimate of drug-likeness (QED) is 0.794. The lowest BCUT2D eigenvalue weighted by Crippen LogP contribution is -2.26. The van der Waals surface area contributed by atoms with Crippen molar-refractivity contribution in [1.29, 1.82) is 0 Å². The molecule has 1 aromatic heterocycles. The Morgan fingerprint density at radius 3 is 2.59 bits per heavy atom. The molecule has 0 saturated heterocycles. The summed E-state index contributed by atoms with van der Waals surface area (Å²) in [5, 5.41) is 2.72. The minimum absolute atomic E-state index is 0.0117. The van der Waals surface area contributed by atoms with Gasteiger partial charge in [-0.05, 0) is 37.1 Å². The van der Waals surface area contributed by atoms with E-state index < -0.39 is 0 Å². The molecule has 1 amide bonds. The Bertz CT molecular complexity index is 666. The maximum Gasteiger partial charge on any atom is 0.220 e. The molecule has 5 heteroatoms. The highest BCUT2D eigenvalue weighted by molar-refractivity contribution is 7.14. The van der Waals surface area contributed by atoms with Crippen molar-refractivity contribution in [2.75, 3.05) is 6.54 Å². The van der Waals surface area contributed by atoms with Crippen LogP contribution in [-0.4, -0.2) is 18.2 Å². The van der Waals surface area contributed by atoms with Gasteiger partial charge in [0.1, 0.15) is 5.82 Å². The zero-order valence-electron chi connectivity index (χ0n) is 12.4. The van der Waals surface area contributed by atoms with Gasteiger partial charge in [-0.3, -0.25) is 9.59 Å². The second-order valence-corrected chi connectivity index (χ2v) is 6.31. The summed E-state index contributed by atoms with van der Waals surface area (Å²) in [6.07, 6.45) is 0.801. The number of aryl methyl sites for hydroxylation is 1. The van der Waals surface area contributed by atoms with Crippen LogP contribution in [0.4, 0.5) is 4.39 Å². The van der Waals surface area contributed by atoms with Crippen molar-refractivity contribution in [3.05, 3.63) is 57.5 Å². The van der Waals surface area contributed by atoms with Gasteiger partial charge >= 0.3 is 0 Å². The molecule has 1 heterocycles. The van der Waals surface area contributed by atoms with E-state index in [-0.39, 0.29) is 30.3 Å². The van der Waals surface area contributed by atoms with Gasteiger partial charge in [0.2, 0.25) is 5.91 Å². The molecule has 0 atom stereocenters. The van der Waals surface area contributed by atoms with Crippen molar-refractivity contribution in [2.45, 2.75) is 26.2 Å². The molecule has 0 radical (unpaired) electrons. The number of amides is 1. The highest BCUT2D eigenvalue weighted by Crippen LogP contribution is 2.17. The predicted octanol–water partition coefficient (Wildman–Crippen LogP) is 3.52. The van der Waals surface area contributed by atoms with Crippen molar-refractivity contribution in [1.82, 2.24) is 5.32 Å². The molecule has 116 valence electrons. The minimum Gasteiger partial charge on any atom is -0.356 e. The molecule has 0 unspecified atom stereocenters. The zero-order chi connectivity index (χ0) is 15.9. The molecule has 1 aromatic carbocycles. The Kier molecular flexibility index (Phi) is 5.83. The van der Waals surface area contributed by atoms with Gasteiger partial charge in [-0.25, -0.2) is 4.39 Å². The van der Waals surface area contributed by atoms with Crippen molar-refractivity contribution in [2.24, 2.45) is 0 Å². The summed E-state index contributed by atoms with van der Waals surface area (Å²) in [6, 6.07) is 10.2. The first kappa shape index (κ1) is 16.4. The number of hydrogen-bond donors (Lipinski definition) is 1. The third-order valence-corrected chi connectivity index (χ3v) is 4.31. The Labute approximate surface area is 133 Å². The predicted molar refractivity (Wildman–Crippen MR) is 85.7 cm³/mol. The van der Waals surface area contributed by atoms with Crippen LogP contribution in [-0.2, 0) is 11.2 Å². The number of ketones is 1. The van der Waals surface area contributed by atoms with E-state index in [1.807, 2.05) is 13.0 Å². The van der Waals surface area contributed by atoms with Crippen LogP contribution >= 0.6 is 11.3 Å². The number of Topliss-reactive ketones (excluding diaryl/α,β-unsaturated/α-hetero) is 1. The maximum absolute atomic E-state index is 13.4. The SMILES string of the molecule is Cc1ccc(C(=O)CCC(=O)NCCc2ccccc2F)s1. The van der Waals surface area contributed by atoms with Crippen LogP contribution in [0.2, 0.25) is 0 Å². The maximum atomic E-state index is 13.4. The van der Waals surface area contributed by atoms with Crippen molar-refractivity contribution < 1.29 is 14.0 Å². The van der Waals surface area contributed by atoms with Gasteiger partial charge in [0.05, 0.1) is 4.88 Å². The van der Waals surface area contributed by atoms with Gasteiger partial charge in [0, 0.05) is 24.3 Å². The molecule has 1 N–H and O–H groups in total. The molecular weight excluding hydrogens is 301 g/mol. The number of nitrogens with one attached hydrogen (secondary N) is 1. The number of carbonyl (C=O) groups is 2. The van der Waals surface area contributed by atoms with Gasteiger partial charge in [0.15, 0.2) is 5.78 Å². The van der Waals surface area contributed by atoms with E-state index in [4.69, 9.17) is 0 Å². The fourth-order valence-corrected chi connectivity index (χ4v) is 2.90. The van der Waals surface area contributed by atoms with Crippen LogP contribution in [0.15, 0.2) is 36.4 Å². The summed E-state index contributed by atoms with van der Waals surface area (Å²) >= 11 is 1.44. The van der Waals surface area contributed by atoms with Gasteiger partial charge in [-0.1, -0.05) is 18.2 Å². The van der Waals surface area contributed by atoms with Crippen molar-refractivity contribution in [3.8, 4) is 0 Å². The van der Waals surface area contributed by atoms with Crippen LogP contribution in [0, 0.1) is 12.7 Å². The van der Waals surface area contributed by atoms with Gasteiger partial charge in [-0.15, -0.1) is 11.3 Å². The first-order chi connectivity index (χ1) is 10.6. The highest BCUT2D eigenvalue weighted by Gasteiger charge is 2.11. The monoisotopic (exact) mass is 319 g/mol. The highest BCUT2D eigenvalue weighted by atomic mass is 32.1. The molecule has 2 rings (SSSR count). The lowest BCUT2D eigenvalue weighted by atomic mass is 10.1. The van der Waals surface area contributed by atoms with E-state index in [9.17, 15) is 14.0 Å². The van der Waals surface area contributed by atoms with Crippen LogP contribution in [0.5, 0.6) is 0 Å². The third kappa shape index (κ3) is 4.77. The third-order valence-electron chi connectivity index (χ3n) is 3.27. The van der Waals surface area contributed by atoms with E-state index >= 15 is 0 Å². The Morgan fingerprint density at radius 2 is 1.91 bits per heavy atom. The van der Waals surface area contributed by atoms with Crippen molar-refractivity contribution >= 4 is 23.0 Å². The summed E-state index contributed by atoms with van der Waals surface area (Å²) in [4.78, 5) is 25.4. The van der Waals surface area contributed by atoms with E-state index in [1.54, 1.807) is 24.3 Å². The largest absolute Gasteiger partial charge is 0.356 e. The zero-order valence-corrected chi connectivity index (χ0v) is 13.2. The smallest absolute Gasteiger partial charge is 0.220 e. The molecular formula is C17H18FNO2S. The number of hydrogen-bond acceptors (Lipinski definition) is 3. The number of thiophene rings is 1. The molecule has 0 aliphatic heterocycles. The van der Waals surface area contributed by atoms with E-state index in [0.717, 1.165) is 4.88 Å². The second-order valence-electron chi connectivity index (χ2n) is 5.02. The van der Waals surface area contributed by atoms with Crippen LogP contribution in [0.3, 0.4) is 0 Å². The number of halogens is 1. The van der Waals surface area contributed by atoms with Gasteiger partial charge < -0.3 is 5.32 Å². The molecule has 2 aromatic rings. The Hall–Kier alpha value is -2.01. The summed E-state index contributed by atoms with van der Waals surface area (Å²) < 4.78 is 13.4. The lowest BCUT2D eigenvalue weighted by Gasteiger charge is -2.05. The molecule has 0 saturated carbocycles. The molecule has 3 nitrogen and oxygen atoms in total. The first-order valence-electron chi connectivity index (χ1n) is 7.16. The van der Waals surface area contributed by atoms with Crippen LogP contribution in [0.25, 0.3) is 0 Å². The summed E-state index contributed by atoms with van der Waals surface area (Å²) in [7, 11) is 0. The molecule has 22 heavy (non-hydrogen) atoms. The molecule has 0 aliphatic carbocycles. The number of carbonyl (C=O) groups excluding carboxylic acids is 2. The van der Waals surface area contributed by atoms with Crippen LogP contribution in [0.1, 0.15) is 33.0 Å². The van der Waals surface area contributed by atoms with Gasteiger partial charge in [-0.2, -0.15) is 0 Å². The minimum atomic E-state index is -0.264. The van der Waals surface area contributed by atoms with E-state index in [2.05, 4.69) is 5.32 Å². The fourth-order valence-electron chi connectivity index (χ4n) is 2.06. The molecule has 0 spiro atoms. The van der Waals surface area contributed by atoms with Crippen LogP contribution < -0.4 is 5.32 Å². The average molecular weight is 319 g/mol. The molecule has 0 fully saturated rings. The summed E-state index contributed by atoms with van der Waals surface area (Å²) in [5.41, 5.74) is 0.577. The lowest BCUT2D eigenvalue weighted by molar-refractivity contribution is -0.121. The fraction of sp³-hybridized carbons (Fsp3) is 0.294. The molecule has 0 aliphatic rings. The van der Waals surface area contributed by atoms with Crippen molar-refractivity contribution in [3.63, 3.8) is 0 Å². The first-order valence-corrected chi connectivity index (χ1v) is 7.97. The Morgan fingerprint density at radius 1 is 1.14 bits per heavy atom. The van der Waals surface area contributed by atoms with E-state index in [1.165, 1.54) is 17.4 Å². The van der Waals surface area contributed by atoms with E-state index in [0.29, 0.717) is 23.4 Å². The standard InChI is InChI=1S/C17H18FNO2S/c1-12-6-8-16(22-12)15(20)7-9-17(21)19-11-10-13-4-2-3-5-14(13)18/h2-6,8H,7,9-11H2,1H3,(H,19,21). The Balaban J connectivity index is 1.70. The number of rotatable bonds is 7.